The van der Waals surface area contributed by atoms with Crippen LogP contribution in [-0.2, 0) is 11.2 Å². The largest absolute Gasteiger partial charge is 0.395 e. The molecule has 0 radical (unpaired) electrons. The summed E-state index contributed by atoms with van der Waals surface area (Å²) in [6.45, 7) is 2.94. The van der Waals surface area contributed by atoms with Gasteiger partial charge in [-0.1, -0.05) is 19.1 Å². The van der Waals surface area contributed by atoms with Crippen LogP contribution in [0.1, 0.15) is 12.5 Å². The standard InChI is InChI=1S/C14H22N2O3/c1-2-12-3-5-13(6-4-12)15-14(19)11-16(7-9-17)8-10-18/h3-6,17-18H,2,7-11H2,1H3,(H,15,19). The number of anilines is 1. The number of aryl methyl sites for hydroxylation is 1. The highest BCUT2D eigenvalue weighted by Gasteiger charge is 2.09. The van der Waals surface area contributed by atoms with E-state index in [1.165, 1.54) is 5.56 Å². The summed E-state index contributed by atoms with van der Waals surface area (Å²) in [5, 5.41) is 20.5. The molecule has 0 unspecified atom stereocenters. The van der Waals surface area contributed by atoms with Crippen molar-refractivity contribution >= 4 is 11.6 Å². The Morgan fingerprint density at radius 1 is 1.16 bits per heavy atom. The van der Waals surface area contributed by atoms with Crippen LogP contribution in [0.2, 0.25) is 0 Å². The molecule has 1 aromatic carbocycles. The van der Waals surface area contributed by atoms with Gasteiger partial charge in [-0.2, -0.15) is 0 Å². The van der Waals surface area contributed by atoms with E-state index in [9.17, 15) is 4.79 Å². The first kappa shape index (κ1) is 15.6. The summed E-state index contributed by atoms with van der Waals surface area (Å²) in [7, 11) is 0. The molecule has 0 aliphatic heterocycles. The Morgan fingerprint density at radius 2 is 1.74 bits per heavy atom. The number of aliphatic hydroxyl groups is 2. The average molecular weight is 266 g/mol. The van der Waals surface area contributed by atoms with E-state index in [0.717, 1.165) is 12.1 Å². The summed E-state index contributed by atoms with van der Waals surface area (Å²) in [5.41, 5.74) is 1.98. The van der Waals surface area contributed by atoms with Crippen LogP contribution >= 0.6 is 0 Å². The predicted octanol–water partition coefficient (Wildman–Crippen LogP) is 0.474. The molecule has 1 amide bonds. The molecule has 1 aromatic rings. The van der Waals surface area contributed by atoms with Gasteiger partial charge in [-0.3, -0.25) is 9.69 Å². The van der Waals surface area contributed by atoms with Gasteiger partial charge >= 0.3 is 0 Å². The molecule has 0 heterocycles. The number of aliphatic hydroxyl groups excluding tert-OH is 2. The van der Waals surface area contributed by atoms with Gasteiger partial charge in [-0.15, -0.1) is 0 Å². The molecular weight excluding hydrogens is 244 g/mol. The summed E-state index contributed by atoms with van der Waals surface area (Å²) >= 11 is 0. The van der Waals surface area contributed by atoms with Gasteiger partial charge in [0.2, 0.25) is 5.91 Å². The maximum Gasteiger partial charge on any atom is 0.238 e. The van der Waals surface area contributed by atoms with Crippen molar-refractivity contribution in [2.75, 3.05) is 38.2 Å². The fraction of sp³-hybridized carbons (Fsp3) is 0.500. The second-order valence-corrected chi connectivity index (χ2v) is 4.32. The van der Waals surface area contributed by atoms with Crippen LogP contribution < -0.4 is 5.32 Å². The summed E-state index contributed by atoms with van der Waals surface area (Å²) in [6, 6.07) is 7.71. The maximum atomic E-state index is 11.8. The molecule has 0 saturated heterocycles. The van der Waals surface area contributed by atoms with Crippen molar-refractivity contribution in [3.05, 3.63) is 29.8 Å². The lowest BCUT2D eigenvalue weighted by Gasteiger charge is -2.19. The molecule has 0 bridgehead atoms. The molecule has 106 valence electrons. The van der Waals surface area contributed by atoms with E-state index in [0.29, 0.717) is 13.1 Å². The fourth-order valence-corrected chi connectivity index (χ4v) is 1.78. The second-order valence-electron chi connectivity index (χ2n) is 4.32. The lowest BCUT2D eigenvalue weighted by Crippen LogP contribution is -2.37. The highest BCUT2D eigenvalue weighted by atomic mass is 16.3. The molecule has 3 N–H and O–H groups in total. The minimum Gasteiger partial charge on any atom is -0.395 e. The van der Waals surface area contributed by atoms with Crippen LogP contribution in [0.3, 0.4) is 0 Å². The Morgan fingerprint density at radius 3 is 2.21 bits per heavy atom. The van der Waals surface area contributed by atoms with Gasteiger partial charge in [0, 0.05) is 18.8 Å². The first-order valence-electron chi connectivity index (χ1n) is 6.52. The predicted molar refractivity (Wildman–Crippen MR) is 75.1 cm³/mol. The number of hydrogen-bond donors (Lipinski definition) is 3. The zero-order valence-corrected chi connectivity index (χ0v) is 11.3. The van der Waals surface area contributed by atoms with Crippen LogP contribution in [0.25, 0.3) is 0 Å². The van der Waals surface area contributed by atoms with Crippen LogP contribution in [-0.4, -0.2) is 53.9 Å². The third-order valence-corrected chi connectivity index (χ3v) is 2.85. The zero-order chi connectivity index (χ0) is 14.1. The van der Waals surface area contributed by atoms with Crippen molar-refractivity contribution in [2.45, 2.75) is 13.3 Å². The van der Waals surface area contributed by atoms with E-state index in [1.807, 2.05) is 24.3 Å². The topological polar surface area (TPSA) is 72.8 Å². The fourth-order valence-electron chi connectivity index (χ4n) is 1.78. The molecule has 5 nitrogen and oxygen atoms in total. The van der Waals surface area contributed by atoms with E-state index < -0.39 is 0 Å². The van der Waals surface area contributed by atoms with Crippen molar-refractivity contribution in [1.82, 2.24) is 4.90 Å². The normalized spacial score (nSPS) is 10.7. The number of benzene rings is 1. The summed E-state index contributed by atoms with van der Waals surface area (Å²) in [5.74, 6) is -0.147. The molecule has 0 atom stereocenters. The molecule has 0 saturated carbocycles. The lowest BCUT2D eigenvalue weighted by atomic mass is 10.1. The van der Waals surface area contributed by atoms with E-state index >= 15 is 0 Å². The molecule has 0 aliphatic carbocycles. The zero-order valence-electron chi connectivity index (χ0n) is 11.3. The highest BCUT2D eigenvalue weighted by molar-refractivity contribution is 5.92. The number of carbonyl (C=O) groups is 1. The van der Waals surface area contributed by atoms with Crippen LogP contribution in [0.4, 0.5) is 5.69 Å². The smallest absolute Gasteiger partial charge is 0.238 e. The third-order valence-electron chi connectivity index (χ3n) is 2.85. The Kier molecular flexibility index (Phi) is 7.10. The number of amides is 1. The van der Waals surface area contributed by atoms with Gasteiger partial charge in [0.25, 0.3) is 0 Å². The van der Waals surface area contributed by atoms with Crippen molar-refractivity contribution in [2.24, 2.45) is 0 Å². The molecular formula is C14H22N2O3. The molecule has 5 heteroatoms. The Labute approximate surface area is 113 Å². The van der Waals surface area contributed by atoms with Crippen molar-refractivity contribution < 1.29 is 15.0 Å². The van der Waals surface area contributed by atoms with E-state index in [4.69, 9.17) is 10.2 Å². The van der Waals surface area contributed by atoms with Gasteiger partial charge < -0.3 is 15.5 Å². The van der Waals surface area contributed by atoms with E-state index in [-0.39, 0.29) is 25.7 Å². The van der Waals surface area contributed by atoms with Gasteiger partial charge in [-0.05, 0) is 24.1 Å². The maximum absolute atomic E-state index is 11.8. The lowest BCUT2D eigenvalue weighted by molar-refractivity contribution is -0.117. The number of nitrogens with one attached hydrogen (secondary N) is 1. The quantitative estimate of drug-likeness (QED) is 0.640. The SMILES string of the molecule is CCc1ccc(NC(=O)CN(CCO)CCO)cc1. The second kappa shape index (κ2) is 8.63. The molecule has 0 aliphatic rings. The van der Waals surface area contributed by atoms with Crippen molar-refractivity contribution in [3.63, 3.8) is 0 Å². The minimum atomic E-state index is -0.147. The molecule has 1 rings (SSSR count). The Bertz CT molecular complexity index is 373. The van der Waals surface area contributed by atoms with Crippen molar-refractivity contribution in [1.29, 1.82) is 0 Å². The minimum absolute atomic E-state index is 0.0293. The Balaban J connectivity index is 2.48. The van der Waals surface area contributed by atoms with Gasteiger partial charge in [0.05, 0.1) is 19.8 Å². The monoisotopic (exact) mass is 266 g/mol. The summed E-state index contributed by atoms with van der Waals surface area (Å²) < 4.78 is 0. The van der Waals surface area contributed by atoms with Crippen LogP contribution in [0.5, 0.6) is 0 Å². The summed E-state index contributed by atoms with van der Waals surface area (Å²) in [4.78, 5) is 13.5. The average Bonchev–Trinajstić information content (AvgIpc) is 2.40. The van der Waals surface area contributed by atoms with E-state index in [1.54, 1.807) is 4.90 Å². The van der Waals surface area contributed by atoms with Gasteiger partial charge in [0.1, 0.15) is 0 Å². The van der Waals surface area contributed by atoms with Gasteiger partial charge in [-0.25, -0.2) is 0 Å². The number of rotatable bonds is 8. The van der Waals surface area contributed by atoms with Crippen LogP contribution in [0, 0.1) is 0 Å². The third kappa shape index (κ3) is 5.83. The van der Waals surface area contributed by atoms with Gasteiger partial charge in [0.15, 0.2) is 0 Å². The number of nitrogens with zero attached hydrogens (tertiary/aromatic N) is 1. The van der Waals surface area contributed by atoms with Crippen molar-refractivity contribution in [3.8, 4) is 0 Å². The first-order chi connectivity index (χ1) is 9.19. The Hall–Kier alpha value is -1.43. The summed E-state index contributed by atoms with van der Waals surface area (Å²) in [6.07, 6.45) is 0.967. The number of hydrogen-bond acceptors (Lipinski definition) is 4. The highest BCUT2D eigenvalue weighted by Crippen LogP contribution is 2.09. The molecule has 19 heavy (non-hydrogen) atoms. The first-order valence-corrected chi connectivity index (χ1v) is 6.52. The molecule has 0 fully saturated rings. The van der Waals surface area contributed by atoms with Crippen LogP contribution in [0.15, 0.2) is 24.3 Å². The van der Waals surface area contributed by atoms with E-state index in [2.05, 4.69) is 12.2 Å². The number of carbonyl (C=O) groups excluding carboxylic acids is 1. The molecule has 0 spiro atoms. The molecule has 0 aromatic heterocycles.